The molecule has 0 aromatic heterocycles. The van der Waals surface area contributed by atoms with Gasteiger partial charge in [0.25, 0.3) is 0 Å². The number of aliphatic hydroxyl groups is 4. The molecule has 0 heterocycles. The van der Waals surface area contributed by atoms with E-state index in [-0.39, 0.29) is 44.6 Å². The lowest BCUT2D eigenvalue weighted by molar-refractivity contribution is -0.138. The zero-order valence-corrected chi connectivity index (χ0v) is 30.0. The second-order valence-electron chi connectivity index (χ2n) is 13.5. The molecule has 0 radical (unpaired) electrons. The number of benzene rings is 2. The maximum absolute atomic E-state index is 13.9. The number of nitrogens with two attached hydrogens (primary N) is 2. The highest BCUT2D eigenvalue weighted by Gasteiger charge is 2.32. The Morgan fingerprint density at radius 1 is 0.725 bits per heavy atom. The number of nitrogens with one attached hydrogen (secondary N) is 3. The Morgan fingerprint density at radius 2 is 1.25 bits per heavy atom. The van der Waals surface area contributed by atoms with Crippen LogP contribution in [0.4, 0.5) is 0 Å². The number of aliphatic hydroxyl groups excluding tert-OH is 4. The molecule has 0 bridgehead atoms. The predicted octanol–water partition coefficient (Wildman–Crippen LogP) is -0.648. The van der Waals surface area contributed by atoms with Gasteiger partial charge in [0.1, 0.15) is 24.2 Å². The predicted molar refractivity (Wildman–Crippen MR) is 194 cm³/mol. The lowest BCUT2D eigenvalue weighted by atomic mass is 9.99. The van der Waals surface area contributed by atoms with Crippen LogP contribution in [0.5, 0.6) is 0 Å². The van der Waals surface area contributed by atoms with Crippen molar-refractivity contribution in [1.29, 1.82) is 0 Å². The Hall–Kier alpha value is -3.92. The van der Waals surface area contributed by atoms with Gasteiger partial charge in [-0.3, -0.25) is 19.2 Å². The zero-order valence-electron chi connectivity index (χ0n) is 30.0. The smallest absolute Gasteiger partial charge is 0.244 e. The van der Waals surface area contributed by atoms with Gasteiger partial charge in [0, 0.05) is 26.4 Å². The minimum Gasteiger partial charge on any atom is -0.394 e. The van der Waals surface area contributed by atoms with E-state index in [1.54, 1.807) is 0 Å². The van der Waals surface area contributed by atoms with E-state index in [9.17, 15) is 34.5 Å². The van der Waals surface area contributed by atoms with Gasteiger partial charge in [0.2, 0.25) is 23.6 Å². The van der Waals surface area contributed by atoms with E-state index in [2.05, 4.69) is 16.0 Å². The van der Waals surface area contributed by atoms with Crippen molar-refractivity contribution in [3.05, 3.63) is 71.8 Å². The van der Waals surface area contributed by atoms with Crippen LogP contribution in [0.15, 0.2) is 60.7 Å². The molecular weight excluding hydrogens is 656 g/mol. The maximum Gasteiger partial charge on any atom is 0.244 e. The first kappa shape index (κ1) is 43.2. The topological polar surface area (TPSA) is 241 Å². The standard InChI is InChI=1S/C37H58N6O8/c1-24(2)18-30(35(49)40-29(16-10-11-17-38)37(51)43(3)22-27(45)21-32(46)33(47)23-44)42-36(50)31(20-26-14-8-5-9-15-26)41-34(48)28(39)19-25-12-6-4-7-13-25/h4-9,12-15,24,27-33,44-47H,10-11,16-23,38-39H2,1-3H3,(H,40,49)(H,41,48)(H,42,50)/t27-,28-,29-,30-,31-,32+,33-/m1/s1. The molecule has 0 fully saturated rings. The van der Waals surface area contributed by atoms with Gasteiger partial charge >= 0.3 is 0 Å². The summed E-state index contributed by atoms with van der Waals surface area (Å²) in [6.45, 7) is 3.26. The van der Waals surface area contributed by atoms with Crippen molar-refractivity contribution in [2.75, 3.05) is 26.7 Å². The monoisotopic (exact) mass is 714 g/mol. The summed E-state index contributed by atoms with van der Waals surface area (Å²) < 4.78 is 0. The van der Waals surface area contributed by atoms with Gasteiger partial charge in [0.15, 0.2) is 0 Å². The van der Waals surface area contributed by atoms with E-state index in [1.165, 1.54) is 11.9 Å². The fraction of sp³-hybridized carbons (Fsp3) is 0.568. The van der Waals surface area contributed by atoms with Crippen molar-refractivity contribution in [3.63, 3.8) is 0 Å². The summed E-state index contributed by atoms with van der Waals surface area (Å²) in [5.74, 6) is -2.24. The molecule has 0 aliphatic carbocycles. The molecule has 0 unspecified atom stereocenters. The molecule has 51 heavy (non-hydrogen) atoms. The fourth-order valence-electron chi connectivity index (χ4n) is 5.60. The van der Waals surface area contributed by atoms with Gasteiger partial charge < -0.3 is 52.7 Å². The number of hydrogen-bond acceptors (Lipinski definition) is 10. The number of carbonyl (C=O) groups is 4. The summed E-state index contributed by atoms with van der Waals surface area (Å²) in [7, 11) is 1.44. The van der Waals surface area contributed by atoms with E-state index in [4.69, 9.17) is 16.6 Å². The third-order valence-electron chi connectivity index (χ3n) is 8.46. The number of unbranched alkanes of at least 4 members (excludes halogenated alkanes) is 1. The highest BCUT2D eigenvalue weighted by molar-refractivity contribution is 5.95. The van der Waals surface area contributed by atoms with Crippen molar-refractivity contribution in [2.24, 2.45) is 17.4 Å². The van der Waals surface area contributed by atoms with Crippen LogP contribution < -0.4 is 27.4 Å². The van der Waals surface area contributed by atoms with Crippen molar-refractivity contribution >= 4 is 23.6 Å². The van der Waals surface area contributed by atoms with Gasteiger partial charge in [-0.05, 0) is 55.7 Å². The van der Waals surface area contributed by atoms with E-state index < -0.39 is 72.7 Å². The lowest BCUT2D eigenvalue weighted by Gasteiger charge is -2.30. The number of likely N-dealkylation sites (N-methyl/N-ethyl adjacent to an activating group) is 1. The molecule has 11 N–H and O–H groups in total. The van der Waals surface area contributed by atoms with Crippen LogP contribution in [-0.4, -0.2) is 118 Å². The molecule has 284 valence electrons. The summed E-state index contributed by atoms with van der Waals surface area (Å²) in [4.78, 5) is 55.7. The average Bonchev–Trinajstić information content (AvgIpc) is 3.10. The van der Waals surface area contributed by atoms with Crippen LogP contribution in [0, 0.1) is 5.92 Å². The van der Waals surface area contributed by atoms with Crippen LogP contribution in [0.1, 0.15) is 57.1 Å². The highest BCUT2D eigenvalue weighted by atomic mass is 16.4. The summed E-state index contributed by atoms with van der Waals surface area (Å²) in [6, 6.07) is 14.4. The molecule has 2 rings (SSSR count). The summed E-state index contributed by atoms with van der Waals surface area (Å²) >= 11 is 0. The Labute approximate surface area is 301 Å². The molecule has 7 atom stereocenters. The summed E-state index contributed by atoms with van der Waals surface area (Å²) in [5, 5.41) is 47.5. The SMILES string of the molecule is CC(C)C[C@@H](NC(=O)[C@@H](Cc1ccccc1)NC(=O)[C@H](N)Cc1ccccc1)C(=O)N[C@H](CCCCN)C(=O)N(C)C[C@H](O)C[C@H](O)[C@H](O)CO. The molecule has 14 heteroatoms. The molecule has 0 saturated heterocycles. The molecule has 0 aliphatic rings. The van der Waals surface area contributed by atoms with E-state index in [1.807, 2.05) is 74.5 Å². The molecular formula is C37H58N6O8. The zero-order chi connectivity index (χ0) is 37.9. The number of carbonyl (C=O) groups excluding carboxylic acids is 4. The van der Waals surface area contributed by atoms with Gasteiger partial charge in [-0.1, -0.05) is 74.5 Å². The third-order valence-corrected chi connectivity index (χ3v) is 8.46. The van der Waals surface area contributed by atoms with Crippen molar-refractivity contribution in [1.82, 2.24) is 20.9 Å². The molecule has 4 amide bonds. The van der Waals surface area contributed by atoms with Crippen molar-refractivity contribution < 1.29 is 39.6 Å². The molecule has 2 aromatic carbocycles. The van der Waals surface area contributed by atoms with Gasteiger partial charge in [0.05, 0.1) is 24.9 Å². The Balaban J connectivity index is 2.23. The number of amides is 4. The normalized spacial score (nSPS) is 15.5. The number of nitrogens with zero attached hydrogens (tertiary/aromatic N) is 1. The van der Waals surface area contributed by atoms with Crippen LogP contribution in [0.25, 0.3) is 0 Å². The quantitative estimate of drug-likeness (QED) is 0.0660. The largest absolute Gasteiger partial charge is 0.394 e. The maximum atomic E-state index is 13.9. The lowest BCUT2D eigenvalue weighted by Crippen LogP contribution is -2.58. The van der Waals surface area contributed by atoms with E-state index in [0.29, 0.717) is 19.4 Å². The summed E-state index contributed by atoms with van der Waals surface area (Å²) in [6.07, 6.45) is -2.36. The first-order chi connectivity index (χ1) is 24.2. The molecule has 0 aliphatic heterocycles. The molecule has 14 nitrogen and oxygen atoms in total. The van der Waals surface area contributed by atoms with Crippen LogP contribution in [0.3, 0.4) is 0 Å². The molecule has 0 saturated carbocycles. The van der Waals surface area contributed by atoms with E-state index in [0.717, 1.165) is 11.1 Å². The highest BCUT2D eigenvalue weighted by Crippen LogP contribution is 2.12. The Morgan fingerprint density at radius 3 is 1.80 bits per heavy atom. The minimum absolute atomic E-state index is 0.0348. The molecule has 2 aromatic rings. The third kappa shape index (κ3) is 15.9. The Bertz CT molecular complexity index is 1330. The van der Waals surface area contributed by atoms with Crippen LogP contribution >= 0.6 is 0 Å². The van der Waals surface area contributed by atoms with E-state index >= 15 is 0 Å². The van der Waals surface area contributed by atoms with Gasteiger partial charge in [-0.15, -0.1) is 0 Å². The van der Waals surface area contributed by atoms with Crippen LogP contribution in [-0.2, 0) is 32.0 Å². The first-order valence-electron chi connectivity index (χ1n) is 17.6. The van der Waals surface area contributed by atoms with Gasteiger partial charge in [-0.25, -0.2) is 0 Å². The minimum atomic E-state index is -1.44. The first-order valence-corrected chi connectivity index (χ1v) is 17.6. The van der Waals surface area contributed by atoms with Crippen LogP contribution in [0.2, 0.25) is 0 Å². The fourth-order valence-corrected chi connectivity index (χ4v) is 5.60. The average molecular weight is 715 g/mol. The number of rotatable bonds is 23. The Kier molecular flexibility index (Phi) is 19.3. The summed E-state index contributed by atoms with van der Waals surface area (Å²) in [5.41, 5.74) is 13.6. The van der Waals surface area contributed by atoms with Crippen molar-refractivity contribution in [2.45, 2.75) is 101 Å². The second-order valence-corrected chi connectivity index (χ2v) is 13.5. The van der Waals surface area contributed by atoms with Gasteiger partial charge in [-0.2, -0.15) is 0 Å². The van der Waals surface area contributed by atoms with Crippen molar-refractivity contribution in [3.8, 4) is 0 Å². The number of hydrogen-bond donors (Lipinski definition) is 9. The second kappa shape index (κ2) is 22.8. The molecule has 0 spiro atoms.